The number of halogens is 1. The second kappa shape index (κ2) is 4.85. The summed E-state index contributed by atoms with van der Waals surface area (Å²) in [6.07, 6.45) is 0. The third-order valence-corrected chi connectivity index (χ3v) is 4.21. The minimum atomic E-state index is -0.0875. The fraction of sp³-hybridized carbons (Fsp3) is 0.0714. The topological polar surface area (TPSA) is 37.3 Å². The summed E-state index contributed by atoms with van der Waals surface area (Å²) in [5, 5.41) is 11.0. The number of aromatic hydroxyl groups is 1. The van der Waals surface area contributed by atoms with Crippen molar-refractivity contribution in [3.63, 3.8) is 0 Å². The lowest BCUT2D eigenvalue weighted by Gasteiger charge is -2.05. The van der Waals surface area contributed by atoms with Gasteiger partial charge in [-0.05, 0) is 30.7 Å². The average molecular weight is 370 g/mol. The number of fused-ring (bicyclic) bond motifs is 2. The minimum Gasteiger partial charge on any atom is -0.507 e. The van der Waals surface area contributed by atoms with Crippen molar-refractivity contribution in [2.24, 2.45) is 0 Å². The van der Waals surface area contributed by atoms with E-state index in [9.17, 15) is 9.90 Å². The van der Waals surface area contributed by atoms with Gasteiger partial charge in [0.05, 0.1) is 5.39 Å². The second-order valence-electron chi connectivity index (χ2n) is 4.03. The normalized spacial score (nSPS) is 10.5. The average Bonchev–Trinajstić information content (AvgIpc) is 2.34. The van der Waals surface area contributed by atoms with E-state index < -0.39 is 0 Å². The molecule has 0 saturated carbocycles. The maximum Gasteiger partial charge on any atom is 0.199 e. The van der Waals surface area contributed by atoms with Gasteiger partial charge in [-0.25, -0.2) is 0 Å². The summed E-state index contributed by atoms with van der Waals surface area (Å²) in [6.45, 7) is 1.95. The Balaban J connectivity index is 0.00000120. The highest BCUT2D eigenvalue weighted by Crippen LogP contribution is 2.31. The van der Waals surface area contributed by atoms with Crippen LogP contribution in [0.5, 0.6) is 5.75 Å². The molecule has 0 aliphatic rings. The number of hydrogen-bond acceptors (Lipinski definition) is 3. The third kappa shape index (κ3) is 1.89. The summed E-state index contributed by atoms with van der Waals surface area (Å²) in [4.78, 5) is 12.3. The molecule has 2 nitrogen and oxygen atoms in total. The highest BCUT2D eigenvalue weighted by molar-refractivity contribution is 14.0. The van der Waals surface area contributed by atoms with Gasteiger partial charge in [0.2, 0.25) is 0 Å². The van der Waals surface area contributed by atoms with E-state index in [4.69, 9.17) is 0 Å². The molecule has 0 amide bonds. The molecular weight excluding hydrogens is 359 g/mol. The minimum absolute atomic E-state index is 0. The van der Waals surface area contributed by atoms with Crippen LogP contribution < -0.4 is 5.43 Å². The molecule has 4 heteroatoms. The number of phenolic OH excluding ortho intramolecular Hbond substituents is 1. The van der Waals surface area contributed by atoms with Crippen molar-refractivity contribution in [1.82, 2.24) is 0 Å². The van der Waals surface area contributed by atoms with Crippen LogP contribution in [-0.2, 0) is 0 Å². The van der Waals surface area contributed by atoms with Gasteiger partial charge in [-0.1, -0.05) is 18.2 Å². The van der Waals surface area contributed by atoms with Crippen LogP contribution in [0.1, 0.15) is 5.56 Å². The lowest BCUT2D eigenvalue weighted by molar-refractivity contribution is 0.481. The first kappa shape index (κ1) is 13.3. The van der Waals surface area contributed by atoms with Crippen molar-refractivity contribution in [3.8, 4) is 5.75 Å². The van der Waals surface area contributed by atoms with Gasteiger partial charge in [-0.15, -0.1) is 35.3 Å². The number of aryl methyl sites for hydroxylation is 1. The zero-order valence-corrected chi connectivity index (χ0v) is 12.8. The lowest BCUT2D eigenvalue weighted by atomic mass is 10.1. The van der Waals surface area contributed by atoms with Crippen molar-refractivity contribution in [1.29, 1.82) is 0 Å². The van der Waals surface area contributed by atoms with Gasteiger partial charge in [0, 0.05) is 14.8 Å². The van der Waals surface area contributed by atoms with Gasteiger partial charge in [0.15, 0.2) is 5.43 Å². The summed E-state index contributed by atoms with van der Waals surface area (Å²) < 4.78 is 1.83. The van der Waals surface area contributed by atoms with E-state index >= 15 is 0 Å². The van der Waals surface area contributed by atoms with E-state index in [1.807, 2.05) is 31.2 Å². The van der Waals surface area contributed by atoms with Crippen molar-refractivity contribution < 1.29 is 5.11 Å². The first-order valence-electron chi connectivity index (χ1n) is 5.32. The Hall–Kier alpha value is -1.14. The number of rotatable bonds is 0. The Morgan fingerprint density at radius 1 is 1.11 bits per heavy atom. The number of phenols is 1. The standard InChI is InChI=1S/C14H10O2S.HI/c1-8-6-7-10(15)12-13(16)9-4-2-3-5-11(9)17-14(8)12;/h2-7,15H,1H3;1H. The molecule has 0 spiro atoms. The highest BCUT2D eigenvalue weighted by Gasteiger charge is 2.10. The molecule has 0 saturated heterocycles. The predicted octanol–water partition coefficient (Wildman–Crippen LogP) is 4.05. The second-order valence-corrected chi connectivity index (χ2v) is 5.09. The summed E-state index contributed by atoms with van der Waals surface area (Å²) in [5.74, 6) is 0.0672. The Morgan fingerprint density at radius 3 is 2.61 bits per heavy atom. The molecule has 0 bridgehead atoms. The summed E-state index contributed by atoms with van der Waals surface area (Å²) in [6, 6.07) is 10.9. The zero-order chi connectivity index (χ0) is 12.0. The van der Waals surface area contributed by atoms with Gasteiger partial charge in [0.1, 0.15) is 5.75 Å². The SMILES string of the molecule is Cc1ccc(O)c2c(=O)c3ccccc3sc12.I. The molecule has 3 aromatic rings. The van der Waals surface area contributed by atoms with Crippen LogP contribution in [0.2, 0.25) is 0 Å². The van der Waals surface area contributed by atoms with Crippen molar-refractivity contribution >= 4 is 55.5 Å². The van der Waals surface area contributed by atoms with Gasteiger partial charge in [-0.3, -0.25) is 4.79 Å². The molecular formula is C14H11IO2S. The molecule has 0 aliphatic heterocycles. The molecule has 0 radical (unpaired) electrons. The van der Waals surface area contributed by atoms with Crippen molar-refractivity contribution in [3.05, 3.63) is 52.2 Å². The quantitative estimate of drug-likeness (QED) is 0.479. The van der Waals surface area contributed by atoms with Crippen LogP contribution in [-0.4, -0.2) is 5.11 Å². The van der Waals surface area contributed by atoms with Gasteiger partial charge in [-0.2, -0.15) is 0 Å². The lowest BCUT2D eigenvalue weighted by Crippen LogP contribution is -2.01. The Morgan fingerprint density at radius 2 is 1.83 bits per heavy atom. The Kier molecular flexibility index (Phi) is 3.59. The van der Waals surface area contributed by atoms with Gasteiger partial charge < -0.3 is 5.11 Å². The summed E-state index contributed by atoms with van der Waals surface area (Å²) in [7, 11) is 0. The fourth-order valence-electron chi connectivity index (χ4n) is 2.02. The van der Waals surface area contributed by atoms with E-state index in [1.165, 1.54) is 0 Å². The zero-order valence-electron chi connectivity index (χ0n) is 9.64. The molecule has 1 heterocycles. The van der Waals surface area contributed by atoms with E-state index in [1.54, 1.807) is 23.5 Å². The van der Waals surface area contributed by atoms with E-state index in [0.29, 0.717) is 10.8 Å². The highest BCUT2D eigenvalue weighted by atomic mass is 127. The van der Waals surface area contributed by atoms with E-state index in [-0.39, 0.29) is 35.2 Å². The predicted molar refractivity (Wildman–Crippen MR) is 87.4 cm³/mol. The largest absolute Gasteiger partial charge is 0.507 e. The van der Waals surface area contributed by atoms with Crippen LogP contribution >= 0.6 is 35.3 Å². The first-order valence-corrected chi connectivity index (χ1v) is 6.14. The molecule has 0 aliphatic carbocycles. The van der Waals surface area contributed by atoms with E-state index in [2.05, 4.69) is 0 Å². The molecule has 92 valence electrons. The molecule has 2 aromatic carbocycles. The summed E-state index contributed by atoms with van der Waals surface area (Å²) in [5.41, 5.74) is 0.932. The molecule has 1 aromatic heterocycles. The summed E-state index contributed by atoms with van der Waals surface area (Å²) >= 11 is 1.55. The number of hydrogen-bond donors (Lipinski definition) is 1. The Bertz CT molecular complexity index is 793. The van der Waals surface area contributed by atoms with Crippen LogP contribution in [0, 0.1) is 6.92 Å². The monoisotopic (exact) mass is 370 g/mol. The molecule has 0 fully saturated rings. The smallest absolute Gasteiger partial charge is 0.199 e. The van der Waals surface area contributed by atoms with Crippen LogP contribution in [0.15, 0.2) is 41.2 Å². The van der Waals surface area contributed by atoms with Crippen LogP contribution in [0.4, 0.5) is 0 Å². The van der Waals surface area contributed by atoms with Crippen LogP contribution in [0.25, 0.3) is 20.2 Å². The fourth-order valence-corrected chi connectivity index (χ4v) is 3.18. The maximum absolute atomic E-state index is 12.3. The molecule has 0 atom stereocenters. The molecule has 3 rings (SSSR count). The van der Waals surface area contributed by atoms with Crippen LogP contribution in [0.3, 0.4) is 0 Å². The van der Waals surface area contributed by atoms with Crippen molar-refractivity contribution in [2.75, 3.05) is 0 Å². The Labute approximate surface area is 125 Å². The molecule has 18 heavy (non-hydrogen) atoms. The molecule has 1 N–H and O–H groups in total. The molecule has 0 unspecified atom stereocenters. The third-order valence-electron chi connectivity index (χ3n) is 2.90. The van der Waals surface area contributed by atoms with Gasteiger partial charge in [0.25, 0.3) is 0 Å². The van der Waals surface area contributed by atoms with E-state index in [0.717, 1.165) is 15.0 Å². The number of benzene rings is 2. The van der Waals surface area contributed by atoms with Crippen molar-refractivity contribution in [2.45, 2.75) is 6.92 Å². The first-order chi connectivity index (χ1) is 8.18. The maximum atomic E-state index is 12.3. The van der Waals surface area contributed by atoms with Gasteiger partial charge >= 0.3 is 0 Å².